The smallest absolute Gasteiger partial charge is 0.333 e. The molecule has 294 valence electrons. The maximum atomic E-state index is 7.09. The highest BCUT2D eigenvalue weighted by Crippen LogP contribution is 2.84. The van der Waals surface area contributed by atoms with Gasteiger partial charge in [-0.25, -0.2) is 0 Å². The van der Waals surface area contributed by atoms with Crippen molar-refractivity contribution in [2.45, 2.75) is 91.2 Å². The van der Waals surface area contributed by atoms with Crippen LogP contribution in [0.15, 0.2) is 117 Å². The zero-order valence-electron chi connectivity index (χ0n) is 34.3. The summed E-state index contributed by atoms with van der Waals surface area (Å²) >= 11 is 1.94. The summed E-state index contributed by atoms with van der Waals surface area (Å²) in [5, 5.41) is 5.45. The molecule has 5 heterocycles. The Hall–Kier alpha value is -4.87. The number of para-hydroxylation sites is 3. The molecule has 0 radical (unpaired) electrons. The normalized spacial score (nSPS) is 34.2. The maximum absolute atomic E-state index is 7.09. The second kappa shape index (κ2) is 10.00. The third-order valence-corrected chi connectivity index (χ3v) is 21.2. The van der Waals surface area contributed by atoms with Gasteiger partial charge in [-0.05, 0) is 193 Å². The second-order valence-corrected chi connectivity index (χ2v) is 23.5. The van der Waals surface area contributed by atoms with E-state index in [9.17, 15) is 0 Å². The zero-order valence-corrected chi connectivity index (χ0v) is 35.2. The Morgan fingerprint density at radius 3 is 2.20 bits per heavy atom. The van der Waals surface area contributed by atoms with Crippen LogP contribution in [0, 0.1) is 40.9 Å². The molecule has 3 nitrogen and oxygen atoms in total. The van der Waals surface area contributed by atoms with Crippen LogP contribution in [0.2, 0.25) is 0 Å². The van der Waals surface area contributed by atoms with Crippen molar-refractivity contribution in [2.75, 3.05) is 4.81 Å². The van der Waals surface area contributed by atoms with Gasteiger partial charge in [0.05, 0.1) is 16.7 Å². The minimum atomic E-state index is 0.0245. The molecule has 6 aromatic carbocycles. The molecular weight excluding hydrogens is 760 g/mol. The fourth-order valence-electron chi connectivity index (χ4n) is 18.5. The lowest BCUT2D eigenvalue weighted by Crippen LogP contribution is -2.61. The first-order chi connectivity index (χ1) is 30.0. The molecule has 2 atom stereocenters. The van der Waals surface area contributed by atoms with Gasteiger partial charge in [0.2, 0.25) is 0 Å². The Morgan fingerprint density at radius 2 is 1.38 bits per heavy atom. The third kappa shape index (κ3) is 3.43. The van der Waals surface area contributed by atoms with E-state index in [-0.39, 0.29) is 12.3 Å². The lowest BCUT2D eigenvalue weighted by Gasteiger charge is -2.66. The van der Waals surface area contributed by atoms with Crippen LogP contribution in [-0.2, 0) is 10.8 Å². The van der Waals surface area contributed by atoms with Crippen LogP contribution in [0.5, 0.6) is 0 Å². The van der Waals surface area contributed by atoms with E-state index in [0.29, 0.717) is 10.8 Å². The van der Waals surface area contributed by atoms with E-state index in [0.717, 1.165) is 46.7 Å². The largest absolute Gasteiger partial charge is 0.455 e. The molecular formula is C56H45BN2OS. The number of furan rings is 1. The second-order valence-electron chi connectivity index (χ2n) is 22.4. The Morgan fingerprint density at radius 1 is 0.607 bits per heavy atom. The summed E-state index contributed by atoms with van der Waals surface area (Å²) in [5.74, 6) is 5.69. The van der Waals surface area contributed by atoms with Crippen LogP contribution < -0.4 is 15.7 Å². The van der Waals surface area contributed by atoms with Crippen LogP contribution in [0.1, 0.15) is 81.8 Å². The third-order valence-electron chi connectivity index (χ3n) is 20.1. The van der Waals surface area contributed by atoms with E-state index in [1.165, 1.54) is 152 Å². The molecule has 1 spiro atoms. The van der Waals surface area contributed by atoms with Crippen LogP contribution >= 0.6 is 11.8 Å². The van der Waals surface area contributed by atoms with Gasteiger partial charge in [-0.1, -0.05) is 66.4 Å². The van der Waals surface area contributed by atoms with Gasteiger partial charge in [-0.15, -0.1) is 0 Å². The average molecular weight is 805 g/mol. The topological polar surface area (TPSA) is 21.3 Å². The molecule has 11 aliphatic rings. The van der Waals surface area contributed by atoms with Gasteiger partial charge >= 0.3 is 6.85 Å². The molecule has 8 saturated carbocycles. The first-order valence-electron chi connectivity index (χ1n) is 23.9. The highest BCUT2D eigenvalue weighted by atomic mass is 32.2. The van der Waals surface area contributed by atoms with Crippen molar-refractivity contribution in [3.8, 4) is 16.8 Å². The quantitative estimate of drug-likeness (QED) is 0.162. The van der Waals surface area contributed by atoms with E-state index in [1.54, 1.807) is 11.1 Å². The van der Waals surface area contributed by atoms with Crippen molar-refractivity contribution in [3.63, 3.8) is 0 Å². The van der Waals surface area contributed by atoms with Gasteiger partial charge in [-0.3, -0.25) is 0 Å². The number of benzene rings is 6. The Labute approximate surface area is 360 Å². The van der Waals surface area contributed by atoms with E-state index >= 15 is 0 Å². The number of fused-ring (bicyclic) bond motifs is 14. The zero-order chi connectivity index (χ0) is 38.9. The van der Waals surface area contributed by atoms with Crippen molar-refractivity contribution in [1.29, 1.82) is 0 Å². The van der Waals surface area contributed by atoms with E-state index in [1.807, 2.05) is 11.8 Å². The van der Waals surface area contributed by atoms with E-state index in [4.69, 9.17) is 4.42 Å². The van der Waals surface area contributed by atoms with Crippen molar-refractivity contribution in [2.24, 2.45) is 40.9 Å². The predicted octanol–water partition coefficient (Wildman–Crippen LogP) is 12.9. The summed E-state index contributed by atoms with van der Waals surface area (Å²) in [6, 6.07) is 41.2. The molecule has 61 heavy (non-hydrogen) atoms. The van der Waals surface area contributed by atoms with Gasteiger partial charge in [0.1, 0.15) is 11.2 Å². The number of nitrogens with zero attached hydrogens (tertiary/aromatic N) is 2. The van der Waals surface area contributed by atoms with E-state index in [2.05, 4.69) is 113 Å². The standard InChI is InChI=1S/C56H45BN2OS/c1-3-9-46-37(6-1)41-22-45-50-49(53(41)60-46)38-7-5-11-48-52(38)59(44-8-2-4-10-47(44)61-48)57(50)42-21-33(54-23-29-14-30(24-54)16-31(15-29)25-54)20-40-39-19-32(12-13-43(39)58(45)51(40)42)55-26-35-17-34-18-36(27-55)56(34,35)28-55/h1-13,19-22,29-31,34-36H,14-18,23-28H2. The monoisotopic (exact) mass is 804 g/mol. The van der Waals surface area contributed by atoms with E-state index < -0.39 is 0 Å². The molecule has 6 bridgehead atoms. The minimum absolute atomic E-state index is 0.0245. The number of hydrogen-bond acceptors (Lipinski definition) is 3. The summed E-state index contributed by atoms with van der Waals surface area (Å²) in [5.41, 5.74) is 19.1. The predicted molar refractivity (Wildman–Crippen MR) is 249 cm³/mol. The summed E-state index contributed by atoms with van der Waals surface area (Å²) in [7, 11) is 0. The van der Waals surface area contributed by atoms with Gasteiger partial charge in [0.25, 0.3) is 0 Å². The molecule has 0 N–H and O–H groups in total. The van der Waals surface area contributed by atoms with Crippen molar-refractivity contribution < 1.29 is 4.42 Å². The molecule has 3 aliphatic heterocycles. The van der Waals surface area contributed by atoms with Crippen LogP contribution in [-0.4, -0.2) is 11.4 Å². The molecule has 0 amide bonds. The average Bonchev–Trinajstić information content (AvgIpc) is 3.99. The number of rotatable bonds is 2. The molecule has 2 aromatic heterocycles. The summed E-state index contributed by atoms with van der Waals surface area (Å²) in [4.78, 5) is 5.49. The SMILES string of the molecule is c1ccc2c(c1)Sc1cccc3c1N2B1c2c(cc4c(oc5ccccc54)c2-3)-n2c3ccc(C45CC6CC7CC(C4)C76C5)cc3c3cc(C45CC6CC(CC(C6)C4)C5)cc1c32. The van der Waals surface area contributed by atoms with Gasteiger partial charge in [-0.2, -0.15) is 0 Å². The summed E-state index contributed by atoms with van der Waals surface area (Å²) in [6.45, 7) is 0.0245. The lowest BCUT2D eigenvalue weighted by molar-refractivity contribution is -0.175. The highest BCUT2D eigenvalue weighted by Gasteiger charge is 2.77. The van der Waals surface area contributed by atoms with Gasteiger partial charge in [0.15, 0.2) is 0 Å². The highest BCUT2D eigenvalue weighted by molar-refractivity contribution is 7.99. The fraction of sp³-hybridized carbons (Fsp3) is 0.357. The van der Waals surface area contributed by atoms with Crippen LogP contribution in [0.4, 0.5) is 11.4 Å². The maximum Gasteiger partial charge on any atom is 0.333 e. The molecule has 2 unspecified atom stereocenters. The number of anilines is 2. The van der Waals surface area contributed by atoms with Crippen LogP contribution in [0.25, 0.3) is 60.6 Å². The number of hydrogen-bond donors (Lipinski definition) is 0. The minimum Gasteiger partial charge on any atom is -0.455 e. The molecule has 19 rings (SSSR count). The molecule has 5 heteroatoms. The van der Waals surface area contributed by atoms with Gasteiger partial charge < -0.3 is 13.8 Å². The van der Waals surface area contributed by atoms with Crippen molar-refractivity contribution in [3.05, 3.63) is 114 Å². The summed E-state index contributed by atoms with van der Waals surface area (Å²) in [6.07, 6.45) is 15.9. The van der Waals surface area contributed by atoms with Crippen molar-refractivity contribution >= 4 is 84.7 Å². The first kappa shape index (κ1) is 31.9. The Kier molecular flexibility index (Phi) is 5.23. The van der Waals surface area contributed by atoms with Crippen LogP contribution in [0.3, 0.4) is 0 Å². The number of aromatic nitrogens is 1. The first-order valence-corrected chi connectivity index (χ1v) is 24.7. The molecule has 8 aliphatic carbocycles. The lowest BCUT2D eigenvalue weighted by atomic mass is 9.38. The summed E-state index contributed by atoms with van der Waals surface area (Å²) < 4.78 is 9.85. The Bertz CT molecular complexity index is 3390. The fourth-order valence-corrected chi connectivity index (χ4v) is 19.6. The Balaban J connectivity index is 0.997. The molecule has 8 fully saturated rings. The van der Waals surface area contributed by atoms with Crippen molar-refractivity contribution in [1.82, 2.24) is 4.57 Å². The molecule has 8 aromatic rings. The molecule has 0 saturated heterocycles. The van der Waals surface area contributed by atoms with Gasteiger partial charge in [0, 0.05) is 53.8 Å².